The third kappa shape index (κ3) is 0.979. The van der Waals surface area contributed by atoms with E-state index in [0.29, 0.717) is 11.0 Å². The molecule has 0 fully saturated rings. The lowest BCUT2D eigenvalue weighted by Crippen LogP contribution is -2.00. The lowest BCUT2D eigenvalue weighted by atomic mass is 10.3. The largest absolute Gasteiger partial charge is 0.476 e. The van der Waals surface area contributed by atoms with Gasteiger partial charge in [0, 0.05) is 13.2 Å². The Morgan fingerprint density at radius 2 is 2.38 bits per heavy atom. The van der Waals surface area contributed by atoms with Crippen molar-refractivity contribution in [3.8, 4) is 0 Å². The molecule has 0 unspecified atom stereocenters. The SMILES string of the molecule is Cn1nc(C(=O)O)c2[nH]c3cccnc3c21. The molecule has 0 radical (unpaired) electrons. The Morgan fingerprint density at radius 1 is 1.56 bits per heavy atom. The number of nitrogens with zero attached hydrogens (tertiary/aromatic N) is 3. The van der Waals surface area contributed by atoms with Crippen LogP contribution in [0.1, 0.15) is 10.5 Å². The van der Waals surface area contributed by atoms with E-state index in [1.165, 1.54) is 4.68 Å². The molecule has 3 aromatic heterocycles. The maximum Gasteiger partial charge on any atom is 0.358 e. The van der Waals surface area contributed by atoms with Crippen molar-refractivity contribution in [2.75, 3.05) is 0 Å². The van der Waals surface area contributed by atoms with Crippen LogP contribution < -0.4 is 0 Å². The molecular formula is C10H8N4O2. The summed E-state index contributed by atoms with van der Waals surface area (Å²) < 4.78 is 1.53. The van der Waals surface area contributed by atoms with Crippen molar-refractivity contribution in [2.24, 2.45) is 7.05 Å². The molecule has 0 aliphatic carbocycles. The molecule has 80 valence electrons. The molecule has 3 aromatic rings. The van der Waals surface area contributed by atoms with Crippen molar-refractivity contribution in [3.63, 3.8) is 0 Å². The lowest BCUT2D eigenvalue weighted by Gasteiger charge is -1.91. The summed E-state index contributed by atoms with van der Waals surface area (Å²) in [4.78, 5) is 18.2. The molecule has 0 amide bonds. The Balaban J connectivity index is 2.55. The first-order valence-corrected chi connectivity index (χ1v) is 4.71. The Morgan fingerprint density at radius 3 is 3.12 bits per heavy atom. The average Bonchev–Trinajstić information content (AvgIpc) is 2.76. The normalized spacial score (nSPS) is 11.3. The number of hydrogen-bond donors (Lipinski definition) is 2. The van der Waals surface area contributed by atoms with Gasteiger partial charge in [0.05, 0.1) is 5.52 Å². The molecule has 0 bridgehead atoms. The van der Waals surface area contributed by atoms with E-state index in [1.54, 1.807) is 19.3 Å². The molecule has 6 heteroatoms. The molecule has 0 saturated heterocycles. The van der Waals surface area contributed by atoms with Crippen molar-refractivity contribution >= 4 is 28.0 Å². The maximum absolute atomic E-state index is 11.0. The molecular weight excluding hydrogens is 208 g/mol. The van der Waals surface area contributed by atoms with E-state index in [0.717, 1.165) is 11.0 Å². The van der Waals surface area contributed by atoms with Gasteiger partial charge in [-0.1, -0.05) is 0 Å². The molecule has 6 nitrogen and oxygen atoms in total. The average molecular weight is 216 g/mol. The van der Waals surface area contributed by atoms with Crippen LogP contribution in [-0.4, -0.2) is 30.8 Å². The topological polar surface area (TPSA) is 83.8 Å². The van der Waals surface area contributed by atoms with Crippen LogP contribution in [0.15, 0.2) is 18.3 Å². The van der Waals surface area contributed by atoms with Crippen LogP contribution >= 0.6 is 0 Å². The van der Waals surface area contributed by atoms with Gasteiger partial charge in [0.25, 0.3) is 0 Å². The van der Waals surface area contributed by atoms with E-state index in [9.17, 15) is 4.79 Å². The molecule has 0 spiro atoms. The summed E-state index contributed by atoms with van der Waals surface area (Å²) in [7, 11) is 1.71. The van der Waals surface area contributed by atoms with Gasteiger partial charge >= 0.3 is 5.97 Å². The van der Waals surface area contributed by atoms with Gasteiger partial charge in [0.1, 0.15) is 16.6 Å². The van der Waals surface area contributed by atoms with Crippen molar-refractivity contribution < 1.29 is 9.90 Å². The number of hydrogen-bond acceptors (Lipinski definition) is 3. The second-order valence-corrected chi connectivity index (χ2v) is 3.53. The van der Waals surface area contributed by atoms with Gasteiger partial charge in [0.2, 0.25) is 0 Å². The summed E-state index contributed by atoms with van der Waals surface area (Å²) in [6.45, 7) is 0. The summed E-state index contributed by atoms with van der Waals surface area (Å²) in [5.41, 5.74) is 2.81. The monoisotopic (exact) mass is 216 g/mol. The molecule has 3 heterocycles. The fourth-order valence-electron chi connectivity index (χ4n) is 1.89. The molecule has 0 saturated carbocycles. The fraction of sp³-hybridized carbons (Fsp3) is 0.100. The standard InChI is InChI=1S/C10H8N4O2/c1-14-9-6-5(3-2-4-11-6)12-7(9)8(13-14)10(15)16/h2-4,12H,1H3,(H,15,16). The van der Waals surface area contributed by atoms with Gasteiger partial charge in [-0.25, -0.2) is 4.79 Å². The molecule has 0 aromatic carbocycles. The van der Waals surface area contributed by atoms with Crippen LogP contribution in [0, 0.1) is 0 Å². The third-order valence-electron chi connectivity index (χ3n) is 2.54. The Bertz CT molecular complexity index is 710. The number of aromatic amines is 1. The van der Waals surface area contributed by atoms with E-state index in [-0.39, 0.29) is 5.69 Å². The number of carboxylic acid groups (broad SMARTS) is 1. The minimum Gasteiger partial charge on any atom is -0.476 e. The van der Waals surface area contributed by atoms with Gasteiger partial charge in [0.15, 0.2) is 5.69 Å². The van der Waals surface area contributed by atoms with Crippen molar-refractivity contribution in [3.05, 3.63) is 24.0 Å². The van der Waals surface area contributed by atoms with Crippen LogP contribution in [0.2, 0.25) is 0 Å². The van der Waals surface area contributed by atoms with Crippen molar-refractivity contribution in [2.45, 2.75) is 0 Å². The first-order valence-electron chi connectivity index (χ1n) is 4.71. The second-order valence-electron chi connectivity index (χ2n) is 3.53. The quantitative estimate of drug-likeness (QED) is 0.639. The summed E-state index contributed by atoms with van der Waals surface area (Å²) in [5, 5.41) is 13.0. The summed E-state index contributed by atoms with van der Waals surface area (Å²) in [5.74, 6) is -1.04. The molecule has 0 atom stereocenters. The molecule has 3 rings (SSSR count). The Hall–Kier alpha value is -2.37. The lowest BCUT2D eigenvalue weighted by molar-refractivity contribution is 0.0691. The van der Waals surface area contributed by atoms with Gasteiger partial charge < -0.3 is 10.1 Å². The molecule has 2 N–H and O–H groups in total. The second kappa shape index (κ2) is 2.82. The number of nitrogens with one attached hydrogen (secondary N) is 1. The van der Waals surface area contributed by atoms with E-state index in [4.69, 9.17) is 5.11 Å². The highest BCUT2D eigenvalue weighted by molar-refractivity contribution is 6.09. The predicted octanol–water partition coefficient (Wildman–Crippen LogP) is 1.15. The number of carbonyl (C=O) groups is 1. The van der Waals surface area contributed by atoms with Crippen LogP contribution in [0.4, 0.5) is 0 Å². The van der Waals surface area contributed by atoms with Crippen LogP contribution in [0.3, 0.4) is 0 Å². The highest BCUT2D eigenvalue weighted by atomic mass is 16.4. The zero-order valence-corrected chi connectivity index (χ0v) is 8.43. The highest BCUT2D eigenvalue weighted by Gasteiger charge is 2.19. The fourth-order valence-corrected chi connectivity index (χ4v) is 1.89. The Kier molecular flexibility index (Phi) is 1.57. The summed E-state index contributed by atoms with van der Waals surface area (Å²) >= 11 is 0. The zero-order valence-electron chi connectivity index (χ0n) is 8.43. The number of pyridine rings is 1. The minimum absolute atomic E-state index is 0.0236. The number of aryl methyl sites for hydroxylation is 1. The van der Waals surface area contributed by atoms with Crippen molar-refractivity contribution in [1.29, 1.82) is 0 Å². The van der Waals surface area contributed by atoms with Gasteiger partial charge in [-0.3, -0.25) is 9.67 Å². The number of aromatic carboxylic acids is 1. The van der Waals surface area contributed by atoms with Crippen LogP contribution in [0.25, 0.3) is 22.1 Å². The molecule has 0 aliphatic heterocycles. The molecule has 0 aliphatic rings. The van der Waals surface area contributed by atoms with E-state index in [2.05, 4.69) is 15.1 Å². The van der Waals surface area contributed by atoms with Crippen molar-refractivity contribution in [1.82, 2.24) is 19.7 Å². The van der Waals surface area contributed by atoms with Crippen LogP contribution in [-0.2, 0) is 7.05 Å². The number of fused-ring (bicyclic) bond motifs is 3. The van der Waals surface area contributed by atoms with E-state index in [1.807, 2.05) is 6.07 Å². The predicted molar refractivity (Wildman–Crippen MR) is 57.3 cm³/mol. The highest BCUT2D eigenvalue weighted by Crippen LogP contribution is 2.25. The zero-order chi connectivity index (χ0) is 11.3. The number of carboxylic acids is 1. The third-order valence-corrected chi connectivity index (χ3v) is 2.54. The maximum atomic E-state index is 11.0. The van der Waals surface area contributed by atoms with Gasteiger partial charge in [-0.15, -0.1) is 0 Å². The number of H-pyrrole nitrogens is 1. The first kappa shape index (κ1) is 8.90. The minimum atomic E-state index is -1.04. The number of rotatable bonds is 1. The Labute approximate surface area is 89.5 Å². The van der Waals surface area contributed by atoms with Crippen LogP contribution in [0.5, 0.6) is 0 Å². The summed E-state index contributed by atoms with van der Waals surface area (Å²) in [6, 6.07) is 3.65. The first-order chi connectivity index (χ1) is 7.68. The van der Waals surface area contributed by atoms with Gasteiger partial charge in [-0.2, -0.15) is 5.10 Å². The smallest absolute Gasteiger partial charge is 0.358 e. The summed E-state index contributed by atoms with van der Waals surface area (Å²) in [6.07, 6.45) is 1.67. The van der Waals surface area contributed by atoms with E-state index < -0.39 is 5.97 Å². The molecule has 16 heavy (non-hydrogen) atoms. The van der Waals surface area contributed by atoms with E-state index >= 15 is 0 Å². The number of aromatic nitrogens is 4. The van der Waals surface area contributed by atoms with Gasteiger partial charge in [-0.05, 0) is 12.1 Å².